The van der Waals surface area contributed by atoms with Crippen LogP contribution in [0.5, 0.6) is 0 Å². The van der Waals surface area contributed by atoms with Crippen molar-refractivity contribution in [1.29, 1.82) is 0 Å². The molecule has 18 heavy (non-hydrogen) atoms. The molecule has 0 spiro atoms. The molecule has 2 nitrogen and oxygen atoms in total. The Kier molecular flexibility index (Phi) is 4.57. The zero-order valence-corrected chi connectivity index (χ0v) is 11.8. The molecule has 0 radical (unpaired) electrons. The Labute approximate surface area is 113 Å². The average Bonchev–Trinajstić information content (AvgIpc) is 2.46. The summed E-state index contributed by atoms with van der Waals surface area (Å²) >= 11 is 0.0374. The van der Waals surface area contributed by atoms with Crippen LogP contribution in [0.3, 0.4) is 0 Å². The summed E-state index contributed by atoms with van der Waals surface area (Å²) in [6.45, 7) is 0. The summed E-state index contributed by atoms with van der Waals surface area (Å²) in [6.07, 6.45) is 0. The second-order valence-electron chi connectivity index (χ2n) is 3.74. The van der Waals surface area contributed by atoms with Crippen LogP contribution in [0.15, 0.2) is 60.7 Å². The fourth-order valence-electron chi connectivity index (χ4n) is 1.62. The van der Waals surface area contributed by atoms with Gasteiger partial charge in [0.2, 0.25) is 0 Å². The SMILES string of the molecule is COC(=O)C([Se]c1ccccc1)c1ccccc1. The molecule has 0 saturated heterocycles. The van der Waals surface area contributed by atoms with Gasteiger partial charge in [0, 0.05) is 0 Å². The summed E-state index contributed by atoms with van der Waals surface area (Å²) in [5.41, 5.74) is 1.02. The first-order chi connectivity index (χ1) is 8.81. The van der Waals surface area contributed by atoms with Crippen molar-refractivity contribution < 1.29 is 9.53 Å². The molecule has 3 heteroatoms. The number of methoxy groups -OCH3 is 1. The van der Waals surface area contributed by atoms with E-state index >= 15 is 0 Å². The Morgan fingerprint density at radius 2 is 1.56 bits per heavy atom. The average molecular weight is 305 g/mol. The first-order valence-corrected chi connectivity index (χ1v) is 7.50. The maximum atomic E-state index is 11.9. The third kappa shape index (κ3) is 3.22. The van der Waals surface area contributed by atoms with Crippen LogP contribution in [-0.4, -0.2) is 28.0 Å². The molecule has 0 aliphatic rings. The van der Waals surface area contributed by atoms with E-state index in [-0.39, 0.29) is 25.7 Å². The standard InChI is InChI=1S/C15H14O2Se/c1-17-15(16)14(12-8-4-2-5-9-12)18-13-10-6-3-7-11-13/h2-11,14H,1H3. The number of rotatable bonds is 4. The minimum absolute atomic E-state index is 0.0374. The molecular weight excluding hydrogens is 291 g/mol. The number of esters is 1. The topological polar surface area (TPSA) is 26.3 Å². The number of hydrogen-bond acceptors (Lipinski definition) is 2. The fraction of sp³-hybridized carbons (Fsp3) is 0.133. The van der Waals surface area contributed by atoms with Crippen LogP contribution in [-0.2, 0) is 9.53 Å². The summed E-state index contributed by atoms with van der Waals surface area (Å²) < 4.78 is 6.11. The van der Waals surface area contributed by atoms with Crippen LogP contribution in [0.2, 0.25) is 0 Å². The number of ether oxygens (including phenoxy) is 1. The van der Waals surface area contributed by atoms with Gasteiger partial charge in [-0.3, -0.25) is 0 Å². The third-order valence-corrected chi connectivity index (χ3v) is 5.13. The van der Waals surface area contributed by atoms with E-state index in [1.165, 1.54) is 11.6 Å². The van der Waals surface area contributed by atoms with Crippen LogP contribution in [0, 0.1) is 0 Å². The number of hydrogen-bond donors (Lipinski definition) is 0. The molecule has 0 fully saturated rings. The normalized spacial score (nSPS) is 11.8. The van der Waals surface area contributed by atoms with E-state index < -0.39 is 0 Å². The third-order valence-electron chi connectivity index (χ3n) is 2.51. The summed E-state index contributed by atoms with van der Waals surface area (Å²) in [7, 11) is 1.44. The van der Waals surface area contributed by atoms with Crippen molar-refractivity contribution in [3.8, 4) is 0 Å². The van der Waals surface area contributed by atoms with Gasteiger partial charge < -0.3 is 0 Å². The van der Waals surface area contributed by atoms with Gasteiger partial charge in [-0.05, 0) is 0 Å². The van der Waals surface area contributed by atoms with Crippen LogP contribution in [0.1, 0.15) is 10.4 Å². The molecule has 2 aromatic rings. The zero-order valence-electron chi connectivity index (χ0n) is 10.1. The van der Waals surface area contributed by atoms with E-state index in [0.29, 0.717) is 0 Å². The van der Waals surface area contributed by atoms with Gasteiger partial charge >= 0.3 is 113 Å². The van der Waals surface area contributed by atoms with Crippen molar-refractivity contribution in [3.63, 3.8) is 0 Å². The predicted molar refractivity (Wildman–Crippen MR) is 73.0 cm³/mol. The molecule has 0 aliphatic carbocycles. The van der Waals surface area contributed by atoms with E-state index in [4.69, 9.17) is 4.74 Å². The van der Waals surface area contributed by atoms with Crippen molar-refractivity contribution >= 4 is 25.4 Å². The molecule has 0 aromatic heterocycles. The predicted octanol–water partition coefficient (Wildman–Crippen LogP) is 1.93. The van der Waals surface area contributed by atoms with Gasteiger partial charge in [-0.2, -0.15) is 0 Å². The van der Waals surface area contributed by atoms with E-state index in [0.717, 1.165) is 5.56 Å². The molecule has 0 aliphatic heterocycles. The summed E-state index contributed by atoms with van der Waals surface area (Å²) in [5.74, 6) is -0.162. The summed E-state index contributed by atoms with van der Waals surface area (Å²) in [5, 5.41) is 0. The van der Waals surface area contributed by atoms with E-state index in [2.05, 4.69) is 12.1 Å². The molecule has 0 N–H and O–H groups in total. The molecule has 0 saturated carbocycles. The van der Waals surface area contributed by atoms with Crippen LogP contribution in [0.25, 0.3) is 0 Å². The van der Waals surface area contributed by atoms with E-state index in [1.807, 2.05) is 48.5 Å². The summed E-state index contributed by atoms with van der Waals surface area (Å²) in [6, 6.07) is 19.9. The molecular formula is C15H14O2Se. The number of benzene rings is 2. The van der Waals surface area contributed by atoms with Gasteiger partial charge in [0.15, 0.2) is 0 Å². The van der Waals surface area contributed by atoms with Gasteiger partial charge in [0.25, 0.3) is 0 Å². The Balaban J connectivity index is 2.24. The van der Waals surface area contributed by atoms with Gasteiger partial charge in [0.05, 0.1) is 0 Å². The molecule has 92 valence electrons. The molecule has 2 aromatic carbocycles. The van der Waals surface area contributed by atoms with Gasteiger partial charge in [0.1, 0.15) is 0 Å². The Hall–Kier alpha value is -1.57. The zero-order chi connectivity index (χ0) is 12.8. The molecule has 1 atom stereocenters. The molecule has 0 amide bonds. The fourth-order valence-corrected chi connectivity index (χ4v) is 3.87. The quantitative estimate of drug-likeness (QED) is 0.637. The second-order valence-corrected chi connectivity index (χ2v) is 6.22. The molecule has 2 rings (SSSR count). The maximum absolute atomic E-state index is 11.9. The van der Waals surface area contributed by atoms with Crippen molar-refractivity contribution in [3.05, 3.63) is 66.2 Å². The Morgan fingerprint density at radius 3 is 2.11 bits per heavy atom. The number of carbonyl (C=O) groups excluding carboxylic acids is 1. The summed E-state index contributed by atoms with van der Waals surface area (Å²) in [4.78, 5) is 11.7. The first kappa shape index (κ1) is 12.9. The van der Waals surface area contributed by atoms with Crippen molar-refractivity contribution in [2.45, 2.75) is 4.82 Å². The van der Waals surface area contributed by atoms with Gasteiger partial charge in [-0.25, -0.2) is 0 Å². The second kappa shape index (κ2) is 6.39. The van der Waals surface area contributed by atoms with Gasteiger partial charge in [-0.15, -0.1) is 0 Å². The Morgan fingerprint density at radius 1 is 1.00 bits per heavy atom. The van der Waals surface area contributed by atoms with Crippen LogP contribution in [0.4, 0.5) is 0 Å². The van der Waals surface area contributed by atoms with E-state index in [1.54, 1.807) is 0 Å². The van der Waals surface area contributed by atoms with Crippen molar-refractivity contribution in [2.24, 2.45) is 0 Å². The minimum atomic E-state index is -0.175. The van der Waals surface area contributed by atoms with Crippen molar-refractivity contribution in [2.75, 3.05) is 7.11 Å². The molecule has 1 unspecified atom stereocenters. The van der Waals surface area contributed by atoms with Crippen LogP contribution < -0.4 is 4.46 Å². The van der Waals surface area contributed by atoms with Gasteiger partial charge in [-0.1, -0.05) is 0 Å². The first-order valence-electron chi connectivity index (χ1n) is 5.66. The molecule has 0 heterocycles. The molecule has 0 bridgehead atoms. The Bertz CT molecular complexity index is 496. The number of carbonyl (C=O) groups is 1. The van der Waals surface area contributed by atoms with E-state index in [9.17, 15) is 4.79 Å². The monoisotopic (exact) mass is 306 g/mol. The van der Waals surface area contributed by atoms with Crippen LogP contribution >= 0.6 is 0 Å². The van der Waals surface area contributed by atoms with Crippen molar-refractivity contribution in [1.82, 2.24) is 0 Å².